The van der Waals surface area contributed by atoms with Crippen molar-refractivity contribution < 1.29 is 23.5 Å². The number of carbonyl (C=O) groups excluding carboxylic acids is 3. The minimum atomic E-state index is -0.960. The predicted molar refractivity (Wildman–Crippen MR) is 126 cm³/mol. The molecule has 1 aliphatic rings. The van der Waals surface area contributed by atoms with Crippen LogP contribution in [0.25, 0.3) is 0 Å². The summed E-state index contributed by atoms with van der Waals surface area (Å²) in [5.74, 6) is -1.02. The second kappa shape index (κ2) is 10.6. The number of likely N-dealkylation sites (N-methyl/N-ethyl adjacent to an activating group) is 1. The fraction of sp³-hybridized carbons (Fsp3) is 0.417. The Morgan fingerprint density at radius 1 is 1.21 bits per heavy atom. The quantitative estimate of drug-likeness (QED) is 0.573. The van der Waals surface area contributed by atoms with Crippen molar-refractivity contribution in [3.63, 3.8) is 0 Å². The van der Waals surface area contributed by atoms with Gasteiger partial charge in [-0.05, 0) is 56.6 Å². The number of amides is 3. The maximum absolute atomic E-state index is 13.6. The Hall–Kier alpha value is -3.53. The number of fused-ring (bicyclic) bond motifs is 1. The molecule has 0 fully saturated rings. The van der Waals surface area contributed by atoms with E-state index in [9.17, 15) is 18.8 Å². The number of nitrogens with zero attached hydrogens (tertiary/aromatic N) is 2. The van der Waals surface area contributed by atoms with Crippen LogP contribution in [-0.2, 0) is 20.7 Å². The summed E-state index contributed by atoms with van der Waals surface area (Å²) in [5, 5.41) is 8.23. The number of halogens is 1. The molecule has 2 heterocycles. The summed E-state index contributed by atoms with van der Waals surface area (Å²) in [7, 11) is 1.66. The number of nitrogens with one attached hydrogen (secondary N) is 3. The molecule has 10 heteroatoms. The smallest absolute Gasteiger partial charge is 0.413 e. The number of rotatable bonds is 7. The molecule has 3 N–H and O–H groups in total. The van der Waals surface area contributed by atoms with Crippen LogP contribution in [0, 0.1) is 18.7 Å². The number of pyridine rings is 1. The molecule has 0 saturated heterocycles. The molecule has 0 saturated carbocycles. The second-order valence-corrected chi connectivity index (χ2v) is 8.58. The maximum atomic E-state index is 13.6. The summed E-state index contributed by atoms with van der Waals surface area (Å²) in [4.78, 5) is 44.4. The van der Waals surface area contributed by atoms with E-state index < -0.39 is 36.1 Å². The first-order valence-corrected chi connectivity index (χ1v) is 11.1. The van der Waals surface area contributed by atoms with Crippen molar-refractivity contribution in [1.29, 1.82) is 0 Å². The van der Waals surface area contributed by atoms with Crippen LogP contribution in [0.5, 0.6) is 0 Å². The molecule has 0 unspecified atom stereocenters. The van der Waals surface area contributed by atoms with E-state index in [0.29, 0.717) is 17.1 Å². The van der Waals surface area contributed by atoms with Gasteiger partial charge in [-0.1, -0.05) is 19.9 Å². The molecule has 2 aromatic rings. The van der Waals surface area contributed by atoms with E-state index in [-0.39, 0.29) is 18.2 Å². The molecule has 0 spiro atoms. The van der Waals surface area contributed by atoms with E-state index in [1.165, 1.54) is 23.1 Å². The topological polar surface area (TPSA) is 113 Å². The van der Waals surface area contributed by atoms with Crippen molar-refractivity contribution >= 4 is 29.4 Å². The number of carbonyl (C=O) groups is 3. The third-order valence-corrected chi connectivity index (χ3v) is 5.74. The lowest BCUT2D eigenvalue weighted by atomic mass is 10.0. The van der Waals surface area contributed by atoms with Crippen molar-refractivity contribution in [2.75, 3.05) is 17.3 Å². The van der Waals surface area contributed by atoms with Gasteiger partial charge in [-0.25, -0.2) is 14.2 Å². The van der Waals surface area contributed by atoms with E-state index >= 15 is 0 Å². The third-order valence-electron chi connectivity index (χ3n) is 5.74. The van der Waals surface area contributed by atoms with Gasteiger partial charge in [0.05, 0.1) is 6.04 Å². The molecule has 34 heavy (non-hydrogen) atoms. The van der Waals surface area contributed by atoms with Crippen LogP contribution < -0.4 is 20.9 Å². The average Bonchev–Trinajstić information content (AvgIpc) is 3.15. The van der Waals surface area contributed by atoms with Crippen LogP contribution in [0.2, 0.25) is 0 Å². The molecular formula is C24H30FN5O4. The molecule has 1 aromatic heterocycles. The number of aryl methyl sites for hydroxylation is 1. The Morgan fingerprint density at radius 2 is 1.94 bits per heavy atom. The van der Waals surface area contributed by atoms with Gasteiger partial charge in [0.1, 0.15) is 17.7 Å². The van der Waals surface area contributed by atoms with Crippen LogP contribution in [-0.4, -0.2) is 48.3 Å². The Bertz CT molecular complexity index is 1080. The van der Waals surface area contributed by atoms with Crippen molar-refractivity contribution in [3.8, 4) is 0 Å². The summed E-state index contributed by atoms with van der Waals surface area (Å²) in [6.45, 7) is 6.99. The van der Waals surface area contributed by atoms with Crippen molar-refractivity contribution in [2.24, 2.45) is 5.92 Å². The second-order valence-electron chi connectivity index (χ2n) is 8.58. The molecule has 1 aliphatic heterocycles. The molecule has 3 atom stereocenters. The standard InChI is InChI=1S/C24H30FN5O4/c1-13(2)20(29-22(31)15(4)26-5)23(32)30-19(12-16-7-6-10-27-21(16)30)34-24(33)28-18-9-8-17(25)11-14(18)3/h6-11,13,15,19-20,26H,12H2,1-5H3,(H,28,33)(H,29,31)/t15-,19-,20-/m0/s1. The minimum absolute atomic E-state index is 0.232. The fourth-order valence-electron chi connectivity index (χ4n) is 3.67. The van der Waals surface area contributed by atoms with Crippen molar-refractivity contribution in [1.82, 2.24) is 15.6 Å². The van der Waals surface area contributed by atoms with E-state index in [4.69, 9.17) is 4.74 Å². The molecule has 1 aromatic carbocycles. The predicted octanol–water partition coefficient (Wildman–Crippen LogP) is 2.74. The van der Waals surface area contributed by atoms with Gasteiger partial charge < -0.3 is 15.4 Å². The molecule has 182 valence electrons. The van der Waals surface area contributed by atoms with Crippen molar-refractivity contribution in [3.05, 3.63) is 53.5 Å². The minimum Gasteiger partial charge on any atom is -0.424 e. The van der Waals surface area contributed by atoms with Gasteiger partial charge in [-0.15, -0.1) is 0 Å². The van der Waals surface area contributed by atoms with Gasteiger partial charge in [0.15, 0.2) is 6.23 Å². The highest BCUT2D eigenvalue weighted by molar-refractivity contribution is 6.01. The first-order valence-electron chi connectivity index (χ1n) is 11.1. The van der Waals surface area contributed by atoms with Crippen LogP contribution in [0.3, 0.4) is 0 Å². The van der Waals surface area contributed by atoms with E-state index in [2.05, 4.69) is 20.9 Å². The lowest BCUT2D eigenvalue weighted by Crippen LogP contribution is -2.56. The number of aromatic nitrogens is 1. The van der Waals surface area contributed by atoms with Crippen molar-refractivity contribution in [2.45, 2.75) is 52.4 Å². The lowest BCUT2D eigenvalue weighted by molar-refractivity contribution is -0.130. The average molecular weight is 472 g/mol. The first kappa shape index (κ1) is 25.1. The Morgan fingerprint density at radius 3 is 2.59 bits per heavy atom. The molecule has 0 radical (unpaired) electrons. The Kier molecular flexibility index (Phi) is 7.83. The molecular weight excluding hydrogens is 441 g/mol. The van der Waals surface area contributed by atoms with E-state index in [1.54, 1.807) is 39.2 Å². The van der Waals surface area contributed by atoms with Gasteiger partial charge in [0.25, 0.3) is 5.91 Å². The monoisotopic (exact) mass is 471 g/mol. The van der Waals surface area contributed by atoms with Crippen LogP contribution in [0.15, 0.2) is 36.5 Å². The van der Waals surface area contributed by atoms with Gasteiger partial charge in [0.2, 0.25) is 5.91 Å². The van der Waals surface area contributed by atoms with Gasteiger partial charge in [-0.2, -0.15) is 0 Å². The third kappa shape index (κ3) is 5.51. The molecule has 3 amide bonds. The summed E-state index contributed by atoms with van der Waals surface area (Å²) in [6.07, 6.45) is 0.0450. The Labute approximate surface area is 198 Å². The highest BCUT2D eigenvalue weighted by atomic mass is 19.1. The Balaban J connectivity index is 1.83. The zero-order chi connectivity index (χ0) is 25.0. The SMILES string of the molecule is CN[C@@H](C)C(=O)N[C@H](C(=O)N1c2ncccc2C[C@@H]1OC(=O)Nc1ccc(F)cc1C)C(C)C. The number of hydrogen-bond donors (Lipinski definition) is 3. The van der Waals surface area contributed by atoms with Crippen LogP contribution in [0.4, 0.5) is 20.7 Å². The zero-order valence-electron chi connectivity index (χ0n) is 19.9. The number of ether oxygens (including phenoxy) is 1. The maximum Gasteiger partial charge on any atom is 0.413 e. The molecule has 0 aliphatic carbocycles. The summed E-state index contributed by atoms with van der Waals surface area (Å²) in [5.41, 5.74) is 1.66. The van der Waals surface area contributed by atoms with Crippen LogP contribution in [0.1, 0.15) is 31.9 Å². The number of anilines is 2. The number of benzene rings is 1. The molecule has 9 nitrogen and oxygen atoms in total. The highest BCUT2D eigenvalue weighted by Crippen LogP contribution is 2.32. The first-order chi connectivity index (χ1) is 16.1. The van der Waals surface area contributed by atoms with Gasteiger partial charge in [-0.3, -0.25) is 19.8 Å². The van der Waals surface area contributed by atoms with E-state index in [0.717, 1.165) is 5.56 Å². The lowest BCUT2D eigenvalue weighted by Gasteiger charge is -2.31. The summed E-state index contributed by atoms with van der Waals surface area (Å²) in [6, 6.07) is 6.16. The zero-order valence-corrected chi connectivity index (χ0v) is 19.9. The van der Waals surface area contributed by atoms with Crippen LogP contribution >= 0.6 is 0 Å². The van der Waals surface area contributed by atoms with Gasteiger partial charge >= 0.3 is 6.09 Å². The largest absolute Gasteiger partial charge is 0.424 e. The summed E-state index contributed by atoms with van der Waals surface area (Å²) < 4.78 is 19.0. The highest BCUT2D eigenvalue weighted by Gasteiger charge is 2.41. The normalized spacial score (nSPS) is 16.6. The molecule has 0 bridgehead atoms. The van der Waals surface area contributed by atoms with E-state index in [1.807, 2.05) is 13.8 Å². The summed E-state index contributed by atoms with van der Waals surface area (Å²) >= 11 is 0. The van der Waals surface area contributed by atoms with Gasteiger partial charge in [0, 0.05) is 23.9 Å². The number of hydrogen-bond acceptors (Lipinski definition) is 6. The molecule has 3 rings (SSSR count). The fourth-order valence-corrected chi connectivity index (χ4v) is 3.67.